The summed E-state index contributed by atoms with van der Waals surface area (Å²) in [5, 5.41) is 6.07. The van der Waals surface area contributed by atoms with Crippen LogP contribution in [-0.2, 0) is 11.3 Å². The summed E-state index contributed by atoms with van der Waals surface area (Å²) in [4.78, 5) is 25.5. The Kier molecular flexibility index (Phi) is 3.08. The molecule has 0 radical (unpaired) electrons. The average Bonchev–Trinajstić information content (AvgIpc) is 3.03. The van der Waals surface area contributed by atoms with E-state index in [0.717, 1.165) is 25.1 Å². The Morgan fingerprint density at radius 3 is 3.16 bits per heavy atom. The highest BCUT2D eigenvalue weighted by atomic mass is 16.4. The highest BCUT2D eigenvalue weighted by molar-refractivity contribution is 5.79. The Morgan fingerprint density at radius 2 is 2.37 bits per heavy atom. The standard InChI is InChI=1S/C13H15N3O3/c17-12(9-3-4-14-7-9)15-6-8-1-2-10-11(5-8)19-13(18)16-10/h1-2,5,9,14H,3-4,6-7H2,(H,15,17)(H,16,18). The first-order chi connectivity index (χ1) is 9.22. The predicted octanol–water partition coefficient (Wildman–Crippen LogP) is 0.347. The summed E-state index contributed by atoms with van der Waals surface area (Å²) in [6.45, 7) is 2.09. The summed E-state index contributed by atoms with van der Waals surface area (Å²) < 4.78 is 4.98. The third kappa shape index (κ3) is 2.53. The molecule has 3 rings (SSSR count). The number of rotatable bonds is 3. The SMILES string of the molecule is O=C(NCc1ccc2[nH]c(=O)oc2c1)C1CCNC1. The van der Waals surface area contributed by atoms with Gasteiger partial charge in [0.2, 0.25) is 5.91 Å². The molecule has 6 nitrogen and oxygen atoms in total. The van der Waals surface area contributed by atoms with Crippen LogP contribution in [0.5, 0.6) is 0 Å². The number of hydrogen-bond acceptors (Lipinski definition) is 4. The largest absolute Gasteiger partial charge is 0.417 e. The van der Waals surface area contributed by atoms with Crippen molar-refractivity contribution in [2.45, 2.75) is 13.0 Å². The number of hydrogen-bond donors (Lipinski definition) is 3. The van der Waals surface area contributed by atoms with E-state index >= 15 is 0 Å². The van der Waals surface area contributed by atoms with Crippen LogP contribution in [0.15, 0.2) is 27.4 Å². The van der Waals surface area contributed by atoms with E-state index in [1.54, 1.807) is 12.1 Å². The lowest BCUT2D eigenvalue weighted by molar-refractivity contribution is -0.124. The molecule has 0 bridgehead atoms. The third-order valence-electron chi connectivity index (χ3n) is 3.38. The van der Waals surface area contributed by atoms with Gasteiger partial charge in [-0.3, -0.25) is 9.78 Å². The molecule has 6 heteroatoms. The van der Waals surface area contributed by atoms with Gasteiger partial charge in [0, 0.05) is 13.1 Å². The summed E-state index contributed by atoms with van der Waals surface area (Å²) in [5.74, 6) is -0.331. The van der Waals surface area contributed by atoms with E-state index in [4.69, 9.17) is 4.42 Å². The molecule has 3 N–H and O–H groups in total. The van der Waals surface area contributed by atoms with Crippen LogP contribution in [0.2, 0.25) is 0 Å². The van der Waals surface area contributed by atoms with Crippen molar-refractivity contribution in [1.29, 1.82) is 0 Å². The third-order valence-corrected chi connectivity index (χ3v) is 3.38. The molecule has 0 spiro atoms. The Bertz CT molecular complexity index is 652. The van der Waals surface area contributed by atoms with Crippen LogP contribution in [-0.4, -0.2) is 24.0 Å². The molecule has 1 saturated heterocycles. The molecule has 0 saturated carbocycles. The minimum absolute atomic E-state index is 0.0638. The maximum absolute atomic E-state index is 11.9. The van der Waals surface area contributed by atoms with Crippen LogP contribution in [0.3, 0.4) is 0 Å². The zero-order chi connectivity index (χ0) is 13.2. The number of oxazole rings is 1. The monoisotopic (exact) mass is 261 g/mol. The fourth-order valence-corrected chi connectivity index (χ4v) is 2.31. The Morgan fingerprint density at radius 1 is 1.47 bits per heavy atom. The van der Waals surface area contributed by atoms with Crippen molar-refractivity contribution in [2.75, 3.05) is 13.1 Å². The zero-order valence-corrected chi connectivity index (χ0v) is 10.4. The number of H-pyrrole nitrogens is 1. The van der Waals surface area contributed by atoms with Gasteiger partial charge in [0.1, 0.15) is 0 Å². The minimum Gasteiger partial charge on any atom is -0.408 e. The van der Waals surface area contributed by atoms with Crippen molar-refractivity contribution < 1.29 is 9.21 Å². The summed E-state index contributed by atoms with van der Waals surface area (Å²) in [7, 11) is 0. The fourth-order valence-electron chi connectivity index (χ4n) is 2.31. The molecular formula is C13H15N3O3. The first-order valence-corrected chi connectivity index (χ1v) is 6.32. The van der Waals surface area contributed by atoms with Gasteiger partial charge in [-0.15, -0.1) is 0 Å². The van der Waals surface area contributed by atoms with E-state index in [1.807, 2.05) is 6.07 Å². The molecule has 2 heterocycles. The first kappa shape index (κ1) is 12.0. The van der Waals surface area contributed by atoms with Crippen molar-refractivity contribution in [3.8, 4) is 0 Å². The molecule has 1 aromatic heterocycles. The summed E-state index contributed by atoms with van der Waals surface area (Å²) in [5.41, 5.74) is 2.09. The lowest BCUT2D eigenvalue weighted by Gasteiger charge is -2.09. The molecule has 1 aliphatic rings. The second-order valence-electron chi connectivity index (χ2n) is 4.75. The number of carbonyl (C=O) groups is 1. The van der Waals surface area contributed by atoms with Crippen LogP contribution in [0.1, 0.15) is 12.0 Å². The van der Waals surface area contributed by atoms with Gasteiger partial charge in [-0.05, 0) is 30.7 Å². The first-order valence-electron chi connectivity index (χ1n) is 6.32. The van der Waals surface area contributed by atoms with Gasteiger partial charge in [0.05, 0.1) is 11.4 Å². The summed E-state index contributed by atoms with van der Waals surface area (Å²) in [6.07, 6.45) is 0.886. The summed E-state index contributed by atoms with van der Waals surface area (Å²) >= 11 is 0. The molecular weight excluding hydrogens is 246 g/mol. The van der Waals surface area contributed by atoms with Gasteiger partial charge in [-0.2, -0.15) is 0 Å². The second-order valence-corrected chi connectivity index (χ2v) is 4.75. The van der Waals surface area contributed by atoms with Gasteiger partial charge in [0.25, 0.3) is 0 Å². The molecule has 0 aliphatic carbocycles. The molecule has 1 aliphatic heterocycles. The lowest BCUT2D eigenvalue weighted by Crippen LogP contribution is -2.31. The molecule has 1 unspecified atom stereocenters. The number of nitrogens with one attached hydrogen (secondary N) is 3. The molecule has 100 valence electrons. The van der Waals surface area contributed by atoms with E-state index in [2.05, 4.69) is 15.6 Å². The smallest absolute Gasteiger partial charge is 0.408 e. The molecule has 2 aromatic rings. The van der Waals surface area contributed by atoms with E-state index in [-0.39, 0.29) is 11.8 Å². The lowest BCUT2D eigenvalue weighted by atomic mass is 10.1. The van der Waals surface area contributed by atoms with Crippen LogP contribution in [0.4, 0.5) is 0 Å². The van der Waals surface area contributed by atoms with Gasteiger partial charge < -0.3 is 15.1 Å². The van der Waals surface area contributed by atoms with Gasteiger partial charge in [-0.1, -0.05) is 6.07 Å². The fraction of sp³-hybridized carbons (Fsp3) is 0.385. The molecule has 1 atom stereocenters. The normalized spacial score (nSPS) is 18.8. The van der Waals surface area contributed by atoms with Gasteiger partial charge in [0.15, 0.2) is 5.58 Å². The van der Waals surface area contributed by atoms with Crippen LogP contribution < -0.4 is 16.4 Å². The molecule has 19 heavy (non-hydrogen) atoms. The van der Waals surface area contributed by atoms with E-state index < -0.39 is 5.76 Å². The Hall–Kier alpha value is -2.08. The van der Waals surface area contributed by atoms with E-state index in [9.17, 15) is 9.59 Å². The average molecular weight is 261 g/mol. The number of fused-ring (bicyclic) bond motifs is 1. The zero-order valence-electron chi connectivity index (χ0n) is 10.4. The number of carbonyl (C=O) groups excluding carboxylic acids is 1. The van der Waals surface area contributed by atoms with Crippen LogP contribution in [0.25, 0.3) is 11.1 Å². The number of benzene rings is 1. The quantitative estimate of drug-likeness (QED) is 0.744. The van der Waals surface area contributed by atoms with Gasteiger partial charge >= 0.3 is 5.76 Å². The number of amides is 1. The predicted molar refractivity (Wildman–Crippen MR) is 69.7 cm³/mol. The Balaban J connectivity index is 1.67. The maximum atomic E-state index is 11.9. The Labute approximate surface area is 109 Å². The second kappa shape index (κ2) is 4.89. The molecule has 1 amide bonds. The molecule has 1 fully saturated rings. The van der Waals surface area contributed by atoms with Crippen LogP contribution >= 0.6 is 0 Å². The van der Waals surface area contributed by atoms with Crippen molar-refractivity contribution >= 4 is 17.0 Å². The summed E-state index contributed by atoms with van der Waals surface area (Å²) in [6, 6.07) is 5.40. The van der Waals surface area contributed by atoms with Crippen molar-refractivity contribution in [2.24, 2.45) is 5.92 Å². The van der Waals surface area contributed by atoms with E-state index in [0.29, 0.717) is 17.6 Å². The maximum Gasteiger partial charge on any atom is 0.417 e. The van der Waals surface area contributed by atoms with Crippen molar-refractivity contribution in [3.63, 3.8) is 0 Å². The minimum atomic E-state index is -0.465. The molecule has 1 aromatic carbocycles. The van der Waals surface area contributed by atoms with Crippen molar-refractivity contribution in [3.05, 3.63) is 34.3 Å². The number of aromatic amines is 1. The number of aromatic nitrogens is 1. The van der Waals surface area contributed by atoms with Crippen LogP contribution in [0, 0.1) is 5.92 Å². The topological polar surface area (TPSA) is 87.1 Å². The van der Waals surface area contributed by atoms with Crippen molar-refractivity contribution in [1.82, 2.24) is 15.6 Å². The highest BCUT2D eigenvalue weighted by Crippen LogP contribution is 2.13. The van der Waals surface area contributed by atoms with Gasteiger partial charge in [-0.25, -0.2) is 4.79 Å². The van der Waals surface area contributed by atoms with E-state index in [1.165, 1.54) is 0 Å². The highest BCUT2D eigenvalue weighted by Gasteiger charge is 2.21.